The quantitative estimate of drug-likeness (QED) is 0.621. The van der Waals surface area contributed by atoms with Gasteiger partial charge in [0.15, 0.2) is 0 Å². The second kappa shape index (κ2) is 7.64. The molecule has 1 aromatic rings. The maximum atomic E-state index is 11.3. The molecule has 0 atom stereocenters. The van der Waals surface area contributed by atoms with Gasteiger partial charge in [0.1, 0.15) is 0 Å². The van der Waals surface area contributed by atoms with Crippen LogP contribution in [0.15, 0.2) is 36.4 Å². The molecule has 0 N–H and O–H groups in total. The van der Waals surface area contributed by atoms with E-state index in [0.717, 1.165) is 25.7 Å². The van der Waals surface area contributed by atoms with Gasteiger partial charge in [0.25, 0.3) is 0 Å². The first kappa shape index (κ1) is 15.3. The van der Waals surface area contributed by atoms with Gasteiger partial charge < -0.3 is 4.74 Å². The number of allylic oxidation sites excluding steroid dienone is 1. The molecule has 1 aliphatic carbocycles. The number of rotatable bonds is 4. The van der Waals surface area contributed by atoms with E-state index in [1.54, 1.807) is 6.08 Å². The van der Waals surface area contributed by atoms with Gasteiger partial charge in [-0.15, -0.1) is 0 Å². The van der Waals surface area contributed by atoms with Crippen molar-refractivity contribution < 1.29 is 9.53 Å². The molecule has 1 aliphatic rings. The van der Waals surface area contributed by atoms with Gasteiger partial charge in [0, 0.05) is 6.08 Å². The van der Waals surface area contributed by atoms with Crippen LogP contribution >= 0.6 is 0 Å². The van der Waals surface area contributed by atoms with Gasteiger partial charge in [0.2, 0.25) is 0 Å². The van der Waals surface area contributed by atoms with Gasteiger partial charge in [-0.05, 0) is 62.1 Å². The molecule has 2 rings (SSSR count). The molecule has 1 aromatic carbocycles. The Morgan fingerprint density at radius 2 is 1.95 bits per heavy atom. The van der Waals surface area contributed by atoms with Crippen LogP contribution in [0.3, 0.4) is 0 Å². The highest BCUT2D eigenvalue weighted by Gasteiger charge is 2.21. The molecular formula is C18H21NO2. The van der Waals surface area contributed by atoms with Crippen molar-refractivity contribution in [3.8, 4) is 6.07 Å². The number of ether oxygens (including phenoxy) is 1. The molecule has 0 aliphatic heterocycles. The van der Waals surface area contributed by atoms with Crippen molar-refractivity contribution in [2.75, 3.05) is 6.61 Å². The zero-order valence-corrected chi connectivity index (χ0v) is 12.4. The monoisotopic (exact) mass is 283 g/mol. The molecule has 110 valence electrons. The second-order valence-corrected chi connectivity index (χ2v) is 5.46. The topological polar surface area (TPSA) is 50.1 Å². The number of hydrogen-bond acceptors (Lipinski definition) is 3. The maximum absolute atomic E-state index is 11.3. The lowest BCUT2D eigenvalue weighted by atomic mass is 9.78. The van der Waals surface area contributed by atoms with E-state index < -0.39 is 0 Å². The van der Waals surface area contributed by atoms with Gasteiger partial charge >= 0.3 is 5.97 Å². The number of nitriles is 1. The minimum atomic E-state index is -0.244. The minimum Gasteiger partial charge on any atom is -0.463 e. The number of hydrogen-bond donors (Lipinski definition) is 0. The predicted molar refractivity (Wildman–Crippen MR) is 81.6 cm³/mol. The van der Waals surface area contributed by atoms with Crippen molar-refractivity contribution in [2.45, 2.75) is 38.5 Å². The summed E-state index contributed by atoms with van der Waals surface area (Å²) >= 11 is 0. The van der Waals surface area contributed by atoms with Gasteiger partial charge in [-0.25, -0.2) is 4.79 Å². The molecule has 0 saturated heterocycles. The summed E-state index contributed by atoms with van der Waals surface area (Å²) in [5.41, 5.74) is 2.03. The predicted octanol–water partition coefficient (Wildman–Crippen LogP) is 3.95. The average Bonchev–Trinajstić information content (AvgIpc) is 2.54. The Morgan fingerprint density at radius 3 is 2.52 bits per heavy atom. The zero-order valence-electron chi connectivity index (χ0n) is 12.4. The summed E-state index contributed by atoms with van der Waals surface area (Å²) in [6.45, 7) is 2.24. The highest BCUT2D eigenvalue weighted by Crippen LogP contribution is 2.36. The smallest absolute Gasteiger partial charge is 0.330 e. The van der Waals surface area contributed by atoms with Gasteiger partial charge in [0.05, 0.1) is 18.2 Å². The Hall–Kier alpha value is -2.08. The summed E-state index contributed by atoms with van der Waals surface area (Å²) in [5.74, 6) is 0.806. The molecule has 1 saturated carbocycles. The van der Waals surface area contributed by atoms with Gasteiger partial charge in [-0.2, -0.15) is 5.26 Å². The lowest BCUT2D eigenvalue weighted by Gasteiger charge is -2.27. The standard InChI is InChI=1S/C18H21NO2/c1-2-21-18(20)12-7-14-3-8-16(9-4-14)17-10-5-15(13-19)6-11-17/h5-7,10-12,14,16H,2-4,8-9H2,1H3/b12-7+/t14-,16-. The van der Waals surface area contributed by atoms with E-state index in [-0.39, 0.29) is 5.97 Å². The van der Waals surface area contributed by atoms with Gasteiger partial charge in [-0.3, -0.25) is 0 Å². The van der Waals surface area contributed by atoms with Crippen molar-refractivity contribution >= 4 is 5.97 Å². The Balaban J connectivity index is 1.85. The first-order valence-electron chi connectivity index (χ1n) is 7.58. The summed E-state index contributed by atoms with van der Waals surface area (Å²) in [4.78, 5) is 11.3. The van der Waals surface area contributed by atoms with Crippen molar-refractivity contribution in [1.29, 1.82) is 5.26 Å². The van der Waals surface area contributed by atoms with Crippen LogP contribution in [0.1, 0.15) is 49.7 Å². The number of benzene rings is 1. The summed E-state index contributed by atoms with van der Waals surface area (Å²) in [7, 11) is 0. The second-order valence-electron chi connectivity index (χ2n) is 5.46. The molecule has 3 nitrogen and oxygen atoms in total. The fourth-order valence-corrected chi connectivity index (χ4v) is 2.88. The van der Waals surface area contributed by atoms with Crippen LogP contribution < -0.4 is 0 Å². The van der Waals surface area contributed by atoms with Crippen LogP contribution in [0.5, 0.6) is 0 Å². The van der Waals surface area contributed by atoms with E-state index in [1.165, 1.54) is 5.56 Å². The molecule has 21 heavy (non-hydrogen) atoms. The lowest BCUT2D eigenvalue weighted by molar-refractivity contribution is -0.137. The molecule has 0 amide bonds. The molecule has 0 heterocycles. The fraction of sp³-hybridized carbons (Fsp3) is 0.444. The van der Waals surface area contributed by atoms with E-state index in [9.17, 15) is 4.79 Å². The number of carbonyl (C=O) groups excluding carboxylic acids is 1. The molecule has 0 radical (unpaired) electrons. The first-order valence-corrected chi connectivity index (χ1v) is 7.58. The van der Waals surface area contributed by atoms with Crippen molar-refractivity contribution in [2.24, 2.45) is 5.92 Å². The van der Waals surface area contributed by atoms with E-state index in [4.69, 9.17) is 10.00 Å². The summed E-state index contributed by atoms with van der Waals surface area (Å²) < 4.78 is 4.89. The van der Waals surface area contributed by atoms with Crippen molar-refractivity contribution in [1.82, 2.24) is 0 Å². The highest BCUT2D eigenvalue weighted by atomic mass is 16.5. The van der Waals surface area contributed by atoms with Crippen molar-refractivity contribution in [3.05, 3.63) is 47.5 Å². The largest absolute Gasteiger partial charge is 0.463 e. The third-order valence-corrected chi connectivity index (χ3v) is 4.07. The van der Waals surface area contributed by atoms with Crippen LogP contribution in [0, 0.1) is 17.2 Å². The Labute approximate surface area is 126 Å². The normalized spacial score (nSPS) is 21.9. The summed E-state index contributed by atoms with van der Waals surface area (Å²) in [5, 5.41) is 8.82. The van der Waals surface area contributed by atoms with Crippen molar-refractivity contribution in [3.63, 3.8) is 0 Å². The first-order chi connectivity index (χ1) is 10.2. The fourth-order valence-electron chi connectivity index (χ4n) is 2.88. The Kier molecular flexibility index (Phi) is 5.57. The molecule has 1 fully saturated rings. The molecule has 3 heteroatoms. The number of nitrogens with zero attached hydrogens (tertiary/aromatic N) is 1. The SMILES string of the molecule is CCOC(=O)/C=C/[C@H]1CC[C@H](c2ccc(C#N)cc2)CC1. The maximum Gasteiger partial charge on any atom is 0.330 e. The third-order valence-electron chi connectivity index (χ3n) is 4.07. The van der Waals surface area contributed by atoms with Crippen LogP contribution in [0.25, 0.3) is 0 Å². The molecule has 0 spiro atoms. The minimum absolute atomic E-state index is 0.244. The van der Waals surface area contributed by atoms with E-state index in [2.05, 4.69) is 18.2 Å². The van der Waals surface area contributed by atoms with Crippen LogP contribution in [-0.4, -0.2) is 12.6 Å². The van der Waals surface area contributed by atoms with Crippen LogP contribution in [0.2, 0.25) is 0 Å². The number of esters is 1. The van der Waals surface area contributed by atoms with Gasteiger partial charge in [-0.1, -0.05) is 18.2 Å². The van der Waals surface area contributed by atoms with E-state index in [1.807, 2.05) is 25.1 Å². The van der Waals surface area contributed by atoms with E-state index in [0.29, 0.717) is 24.0 Å². The summed E-state index contributed by atoms with van der Waals surface area (Å²) in [6, 6.07) is 10.1. The zero-order chi connectivity index (χ0) is 15.1. The Morgan fingerprint density at radius 1 is 1.29 bits per heavy atom. The van der Waals surface area contributed by atoms with E-state index >= 15 is 0 Å². The van der Waals surface area contributed by atoms with Crippen LogP contribution in [0.4, 0.5) is 0 Å². The molecular weight excluding hydrogens is 262 g/mol. The highest BCUT2D eigenvalue weighted by molar-refractivity contribution is 5.81. The molecule has 0 unspecified atom stereocenters. The molecule has 0 bridgehead atoms. The molecule has 0 aromatic heterocycles. The number of carbonyl (C=O) groups is 1. The lowest BCUT2D eigenvalue weighted by Crippen LogP contribution is -2.12. The third kappa shape index (κ3) is 4.46. The Bertz CT molecular complexity index is 531. The summed E-state index contributed by atoms with van der Waals surface area (Å²) in [6.07, 6.45) is 8.01. The average molecular weight is 283 g/mol. The van der Waals surface area contributed by atoms with Crippen LogP contribution in [-0.2, 0) is 9.53 Å².